The summed E-state index contributed by atoms with van der Waals surface area (Å²) < 4.78 is 16.3. The number of ether oxygens (including phenoxy) is 3. The van der Waals surface area contributed by atoms with E-state index in [1.165, 1.54) is 0 Å². The molecular formula is C19H23N3O3. The fourth-order valence-corrected chi connectivity index (χ4v) is 2.98. The number of nitrogens with zero attached hydrogens (tertiary/aromatic N) is 2. The van der Waals surface area contributed by atoms with Crippen molar-refractivity contribution >= 4 is 5.82 Å². The van der Waals surface area contributed by atoms with Crippen molar-refractivity contribution in [2.45, 2.75) is 26.7 Å². The molecule has 1 aromatic carbocycles. The van der Waals surface area contributed by atoms with Gasteiger partial charge in [-0.05, 0) is 36.6 Å². The quantitative estimate of drug-likeness (QED) is 0.865. The van der Waals surface area contributed by atoms with Crippen LogP contribution < -0.4 is 19.9 Å². The molecule has 1 heterocycles. The van der Waals surface area contributed by atoms with E-state index in [4.69, 9.17) is 19.9 Å². The molecule has 6 heteroatoms. The number of aromatic nitrogens is 1. The van der Waals surface area contributed by atoms with Crippen LogP contribution in [0.2, 0.25) is 0 Å². The fourth-order valence-electron chi connectivity index (χ4n) is 2.98. The number of hydrogen-bond donors (Lipinski definition) is 1. The second-order valence-electron chi connectivity index (χ2n) is 5.59. The van der Waals surface area contributed by atoms with E-state index in [1.807, 2.05) is 19.1 Å². The molecule has 2 aromatic rings. The number of pyridine rings is 1. The van der Waals surface area contributed by atoms with Crippen molar-refractivity contribution < 1.29 is 14.2 Å². The molecule has 0 spiro atoms. The average Bonchev–Trinajstić information content (AvgIpc) is 2.62. The Kier molecular flexibility index (Phi) is 5.71. The van der Waals surface area contributed by atoms with E-state index in [0.29, 0.717) is 22.8 Å². The highest BCUT2D eigenvalue weighted by Crippen LogP contribution is 2.43. The second-order valence-corrected chi connectivity index (χ2v) is 5.59. The van der Waals surface area contributed by atoms with Gasteiger partial charge < -0.3 is 19.9 Å². The number of nitriles is 1. The average molecular weight is 341 g/mol. The lowest BCUT2D eigenvalue weighted by Gasteiger charge is -2.18. The summed E-state index contributed by atoms with van der Waals surface area (Å²) in [5, 5.41) is 9.64. The number of benzene rings is 1. The summed E-state index contributed by atoms with van der Waals surface area (Å²) in [7, 11) is 4.68. The number of methoxy groups -OCH3 is 3. The number of nitrogen functional groups attached to an aromatic ring is 1. The second kappa shape index (κ2) is 7.75. The van der Waals surface area contributed by atoms with Crippen LogP contribution in [-0.4, -0.2) is 26.3 Å². The van der Waals surface area contributed by atoms with Crippen LogP contribution in [0, 0.1) is 18.3 Å². The summed E-state index contributed by atoms with van der Waals surface area (Å²) in [5.41, 5.74) is 9.76. The number of anilines is 1. The zero-order valence-corrected chi connectivity index (χ0v) is 15.3. The lowest BCUT2D eigenvalue weighted by atomic mass is 9.91. The van der Waals surface area contributed by atoms with Crippen molar-refractivity contribution in [3.05, 3.63) is 29.0 Å². The zero-order valence-electron chi connectivity index (χ0n) is 15.3. The van der Waals surface area contributed by atoms with Gasteiger partial charge in [0.2, 0.25) is 5.75 Å². The Labute approximate surface area is 148 Å². The molecule has 2 N–H and O–H groups in total. The highest BCUT2D eigenvalue weighted by Gasteiger charge is 2.21. The molecule has 0 aliphatic carbocycles. The van der Waals surface area contributed by atoms with Crippen LogP contribution in [0.15, 0.2) is 12.1 Å². The van der Waals surface area contributed by atoms with Crippen molar-refractivity contribution in [1.29, 1.82) is 5.26 Å². The van der Waals surface area contributed by atoms with Crippen LogP contribution >= 0.6 is 0 Å². The molecule has 0 amide bonds. The topological polar surface area (TPSA) is 90.4 Å². The van der Waals surface area contributed by atoms with E-state index < -0.39 is 0 Å². The SMILES string of the molecule is CCCc1c(C)nc(N)c(C#N)c1-c1cc(OC)c(OC)c(OC)c1. The Bertz CT molecular complexity index is 801. The lowest BCUT2D eigenvalue weighted by molar-refractivity contribution is 0.324. The predicted octanol–water partition coefficient (Wildman–Crippen LogP) is 3.49. The Balaban J connectivity index is 2.88. The van der Waals surface area contributed by atoms with E-state index in [-0.39, 0.29) is 5.82 Å². The van der Waals surface area contributed by atoms with Crippen molar-refractivity contribution in [2.24, 2.45) is 0 Å². The van der Waals surface area contributed by atoms with Crippen LogP contribution in [0.4, 0.5) is 5.82 Å². The monoisotopic (exact) mass is 341 g/mol. The summed E-state index contributed by atoms with van der Waals surface area (Å²) in [6.45, 7) is 3.99. The first-order chi connectivity index (χ1) is 12.0. The van der Waals surface area contributed by atoms with Gasteiger partial charge in [0.15, 0.2) is 11.5 Å². The molecule has 0 radical (unpaired) electrons. The molecule has 0 unspecified atom stereocenters. The molecule has 0 aliphatic rings. The smallest absolute Gasteiger partial charge is 0.203 e. The van der Waals surface area contributed by atoms with Crippen molar-refractivity contribution in [2.75, 3.05) is 27.1 Å². The molecule has 25 heavy (non-hydrogen) atoms. The fraction of sp³-hybridized carbons (Fsp3) is 0.368. The number of aryl methyl sites for hydroxylation is 1. The maximum Gasteiger partial charge on any atom is 0.203 e. The maximum atomic E-state index is 9.64. The third kappa shape index (κ3) is 3.31. The van der Waals surface area contributed by atoms with Gasteiger partial charge >= 0.3 is 0 Å². The van der Waals surface area contributed by atoms with Gasteiger partial charge in [0.25, 0.3) is 0 Å². The molecule has 0 fully saturated rings. The van der Waals surface area contributed by atoms with Crippen molar-refractivity contribution in [3.8, 4) is 34.4 Å². The van der Waals surface area contributed by atoms with Crippen molar-refractivity contribution in [1.82, 2.24) is 4.98 Å². The van der Waals surface area contributed by atoms with Gasteiger partial charge in [-0.3, -0.25) is 0 Å². The summed E-state index contributed by atoms with van der Waals surface area (Å²) >= 11 is 0. The van der Waals surface area contributed by atoms with E-state index in [1.54, 1.807) is 21.3 Å². The van der Waals surface area contributed by atoms with Crippen LogP contribution in [-0.2, 0) is 6.42 Å². The lowest BCUT2D eigenvalue weighted by Crippen LogP contribution is -2.06. The molecule has 6 nitrogen and oxygen atoms in total. The molecule has 0 atom stereocenters. The van der Waals surface area contributed by atoms with Gasteiger partial charge in [-0.2, -0.15) is 5.26 Å². The third-order valence-corrected chi connectivity index (χ3v) is 4.10. The molecule has 1 aromatic heterocycles. The van der Waals surface area contributed by atoms with Gasteiger partial charge in [-0.15, -0.1) is 0 Å². The number of hydrogen-bond acceptors (Lipinski definition) is 6. The molecule has 0 bridgehead atoms. The molecule has 0 saturated heterocycles. The Morgan fingerprint density at radius 3 is 2.16 bits per heavy atom. The van der Waals surface area contributed by atoms with Crippen LogP contribution in [0.5, 0.6) is 17.2 Å². The highest BCUT2D eigenvalue weighted by molar-refractivity contribution is 5.81. The summed E-state index contributed by atoms with van der Waals surface area (Å²) in [6, 6.07) is 5.85. The zero-order chi connectivity index (χ0) is 18.6. The van der Waals surface area contributed by atoms with Crippen LogP contribution in [0.1, 0.15) is 30.2 Å². The third-order valence-electron chi connectivity index (χ3n) is 4.10. The molecule has 2 rings (SSSR count). The first-order valence-corrected chi connectivity index (χ1v) is 8.01. The summed E-state index contributed by atoms with van der Waals surface area (Å²) in [6.07, 6.45) is 1.72. The van der Waals surface area contributed by atoms with Gasteiger partial charge in [0.05, 0.1) is 21.3 Å². The molecule has 132 valence electrons. The largest absolute Gasteiger partial charge is 0.493 e. The Hall–Kier alpha value is -2.94. The molecular weight excluding hydrogens is 318 g/mol. The Morgan fingerprint density at radius 2 is 1.72 bits per heavy atom. The van der Waals surface area contributed by atoms with E-state index in [9.17, 15) is 5.26 Å². The van der Waals surface area contributed by atoms with Gasteiger partial charge in [0.1, 0.15) is 17.5 Å². The normalized spacial score (nSPS) is 10.2. The Morgan fingerprint density at radius 1 is 1.12 bits per heavy atom. The van der Waals surface area contributed by atoms with Gasteiger partial charge in [0, 0.05) is 11.3 Å². The van der Waals surface area contributed by atoms with E-state index >= 15 is 0 Å². The number of rotatable bonds is 6. The maximum absolute atomic E-state index is 9.64. The minimum Gasteiger partial charge on any atom is -0.493 e. The van der Waals surface area contributed by atoms with Crippen LogP contribution in [0.25, 0.3) is 11.1 Å². The predicted molar refractivity (Wildman–Crippen MR) is 97.2 cm³/mol. The number of nitrogens with two attached hydrogens (primary N) is 1. The summed E-state index contributed by atoms with van der Waals surface area (Å²) in [4.78, 5) is 4.34. The van der Waals surface area contributed by atoms with E-state index in [2.05, 4.69) is 18.0 Å². The molecule has 0 aliphatic heterocycles. The first-order valence-electron chi connectivity index (χ1n) is 8.01. The van der Waals surface area contributed by atoms with Crippen LogP contribution in [0.3, 0.4) is 0 Å². The standard InChI is InChI=1S/C19H23N3O3/c1-6-7-13-11(2)22-19(21)14(10-20)17(13)12-8-15(23-3)18(25-5)16(9-12)24-4/h8-9H,6-7H2,1-5H3,(H2,21,22). The minimum atomic E-state index is 0.226. The van der Waals surface area contributed by atoms with E-state index in [0.717, 1.165) is 35.2 Å². The van der Waals surface area contributed by atoms with Gasteiger partial charge in [-0.1, -0.05) is 13.3 Å². The minimum absolute atomic E-state index is 0.226. The summed E-state index contributed by atoms with van der Waals surface area (Å²) in [5.74, 6) is 1.78. The van der Waals surface area contributed by atoms with Crippen molar-refractivity contribution in [3.63, 3.8) is 0 Å². The van der Waals surface area contributed by atoms with Gasteiger partial charge in [-0.25, -0.2) is 4.98 Å². The first kappa shape index (κ1) is 18.4. The highest BCUT2D eigenvalue weighted by atomic mass is 16.5. The molecule has 0 saturated carbocycles.